The van der Waals surface area contributed by atoms with E-state index in [9.17, 15) is 27.9 Å². The zero-order chi connectivity index (χ0) is 25.9. The highest BCUT2D eigenvalue weighted by atomic mass is 19.4. The number of carboxylic acid groups (broad SMARTS) is 2. The van der Waals surface area contributed by atoms with Gasteiger partial charge in [-0.05, 0) is 32.8 Å². The van der Waals surface area contributed by atoms with Crippen molar-refractivity contribution in [3.8, 4) is 0 Å². The maximum absolute atomic E-state index is 11.7. The van der Waals surface area contributed by atoms with Crippen molar-refractivity contribution in [3.63, 3.8) is 0 Å². The molecule has 0 aliphatic heterocycles. The molecule has 190 valence electrons. The molecule has 0 saturated heterocycles. The molecular formula is C20H33F3N4O6. The predicted molar refractivity (Wildman–Crippen MR) is 115 cm³/mol. The predicted octanol–water partition coefficient (Wildman–Crippen LogP) is 1.79. The molecule has 6 N–H and O–H groups in total. The first-order valence-electron chi connectivity index (χ1n) is 10.4. The number of guanidine groups is 1. The molecule has 1 aliphatic rings. The number of ether oxygens (including phenoxy) is 1. The molecule has 0 radical (unpaired) electrons. The monoisotopic (exact) mass is 482 g/mol. The van der Waals surface area contributed by atoms with Crippen molar-refractivity contribution in [1.29, 1.82) is 0 Å². The summed E-state index contributed by atoms with van der Waals surface area (Å²) >= 11 is 0. The van der Waals surface area contributed by atoms with Crippen molar-refractivity contribution < 1.29 is 42.5 Å². The molecule has 13 heteroatoms. The third-order valence-corrected chi connectivity index (χ3v) is 4.45. The van der Waals surface area contributed by atoms with Crippen LogP contribution in [-0.2, 0) is 19.1 Å². The molecule has 0 bridgehead atoms. The number of amides is 1. The van der Waals surface area contributed by atoms with Crippen LogP contribution in [0.25, 0.3) is 0 Å². The van der Waals surface area contributed by atoms with E-state index in [4.69, 9.17) is 20.4 Å². The van der Waals surface area contributed by atoms with E-state index in [1.165, 1.54) is 6.92 Å². The third-order valence-electron chi connectivity index (χ3n) is 4.45. The third kappa shape index (κ3) is 11.6. The van der Waals surface area contributed by atoms with Gasteiger partial charge in [-0.3, -0.25) is 4.79 Å². The minimum atomic E-state index is -5.08. The highest BCUT2D eigenvalue weighted by Gasteiger charge is 2.38. The van der Waals surface area contributed by atoms with Gasteiger partial charge in [-0.2, -0.15) is 13.2 Å². The van der Waals surface area contributed by atoms with Crippen LogP contribution < -0.4 is 16.4 Å². The van der Waals surface area contributed by atoms with Gasteiger partial charge < -0.3 is 31.3 Å². The Hall–Kier alpha value is -2.83. The van der Waals surface area contributed by atoms with E-state index in [-0.39, 0.29) is 36.0 Å². The number of hydrogen-bond donors (Lipinski definition) is 5. The van der Waals surface area contributed by atoms with E-state index in [1.807, 2.05) is 27.7 Å². The molecule has 3 atom stereocenters. The average molecular weight is 483 g/mol. The van der Waals surface area contributed by atoms with E-state index < -0.39 is 36.3 Å². The molecule has 10 nitrogen and oxygen atoms in total. The van der Waals surface area contributed by atoms with Gasteiger partial charge >= 0.3 is 18.1 Å². The Kier molecular flexibility index (Phi) is 12.5. The number of carboxylic acids is 2. The van der Waals surface area contributed by atoms with Crippen LogP contribution in [-0.4, -0.2) is 70.5 Å². The molecule has 33 heavy (non-hydrogen) atoms. The lowest BCUT2D eigenvalue weighted by Crippen LogP contribution is -2.54. The number of carbonyl (C=O) groups is 3. The van der Waals surface area contributed by atoms with Crippen molar-refractivity contribution >= 4 is 23.8 Å². The van der Waals surface area contributed by atoms with Crippen LogP contribution >= 0.6 is 0 Å². The summed E-state index contributed by atoms with van der Waals surface area (Å²) in [5.74, 6) is -3.78. The average Bonchev–Trinajstić information content (AvgIpc) is 2.66. The van der Waals surface area contributed by atoms with Crippen LogP contribution in [0.3, 0.4) is 0 Å². The van der Waals surface area contributed by atoms with Crippen LogP contribution in [0, 0.1) is 0 Å². The van der Waals surface area contributed by atoms with E-state index in [0.717, 1.165) is 12.8 Å². The van der Waals surface area contributed by atoms with Gasteiger partial charge in [0.2, 0.25) is 5.91 Å². The zero-order valence-electron chi connectivity index (χ0n) is 19.3. The fraction of sp³-hybridized carbons (Fsp3) is 0.700. The summed E-state index contributed by atoms with van der Waals surface area (Å²) in [5, 5.41) is 22.4. The first-order valence-corrected chi connectivity index (χ1v) is 10.4. The van der Waals surface area contributed by atoms with Gasteiger partial charge in [-0.1, -0.05) is 13.8 Å². The summed E-state index contributed by atoms with van der Waals surface area (Å²) in [4.78, 5) is 36.6. The Morgan fingerprint density at radius 1 is 1.24 bits per heavy atom. The van der Waals surface area contributed by atoms with Gasteiger partial charge in [0.1, 0.15) is 0 Å². The molecule has 0 heterocycles. The highest BCUT2D eigenvalue weighted by Crippen LogP contribution is 2.26. The molecule has 0 unspecified atom stereocenters. The number of aliphatic carboxylic acids is 2. The topological polar surface area (TPSA) is 163 Å². The Labute approximate surface area is 190 Å². The van der Waals surface area contributed by atoms with Crippen molar-refractivity contribution in [2.24, 2.45) is 10.7 Å². The number of nitrogens with zero attached hydrogens (tertiary/aromatic N) is 1. The maximum atomic E-state index is 11.7. The van der Waals surface area contributed by atoms with E-state index in [1.54, 1.807) is 6.08 Å². The smallest absolute Gasteiger partial charge is 0.478 e. The van der Waals surface area contributed by atoms with Crippen LogP contribution in [0.1, 0.15) is 53.9 Å². The fourth-order valence-electron chi connectivity index (χ4n) is 2.98. The summed E-state index contributed by atoms with van der Waals surface area (Å²) < 4.78 is 37.8. The van der Waals surface area contributed by atoms with Gasteiger partial charge in [0.05, 0.1) is 24.3 Å². The van der Waals surface area contributed by atoms with E-state index >= 15 is 0 Å². The minimum Gasteiger partial charge on any atom is -0.478 e. The number of aliphatic imine (C=N–C) groups is 1. The van der Waals surface area contributed by atoms with Crippen LogP contribution in [0.5, 0.6) is 0 Å². The van der Waals surface area contributed by atoms with Crippen molar-refractivity contribution in [2.75, 3.05) is 0 Å². The number of alkyl halides is 3. The molecular weight excluding hydrogens is 449 g/mol. The SMILES string of the molecule is CCC(CC)O[C@@H]1C=C(C(=O)O)C[C@H](N=C(N)NC(C)C)[C@H]1NC(C)=O.O=C(O)C(F)(F)F. The van der Waals surface area contributed by atoms with Crippen LogP contribution in [0.2, 0.25) is 0 Å². The standard InChI is InChI=1S/C18H32N4O4.C2HF3O2/c1-6-13(7-2)26-15-9-12(17(24)25)8-14(16(15)21-11(5)23)22-18(19)20-10(3)4;3-2(4,5)1(6)7/h9-10,13-16H,6-8H2,1-5H3,(H,21,23)(H,24,25)(H3,19,20,22);(H,6,7)/t14-,15+,16+;/m0./s1. The summed E-state index contributed by atoms with van der Waals surface area (Å²) in [7, 11) is 0. The lowest BCUT2D eigenvalue weighted by molar-refractivity contribution is -0.192. The van der Waals surface area contributed by atoms with Gasteiger partial charge in [0, 0.05) is 25.0 Å². The molecule has 0 saturated carbocycles. The molecule has 0 aromatic carbocycles. The van der Waals surface area contributed by atoms with Crippen molar-refractivity contribution in [2.45, 2.75) is 90.4 Å². The van der Waals surface area contributed by atoms with Crippen molar-refractivity contribution in [1.82, 2.24) is 10.6 Å². The van der Waals surface area contributed by atoms with Gasteiger partial charge in [-0.15, -0.1) is 0 Å². The molecule has 1 rings (SSSR count). The molecule has 0 fully saturated rings. The van der Waals surface area contributed by atoms with Crippen molar-refractivity contribution in [3.05, 3.63) is 11.6 Å². The number of rotatable bonds is 8. The summed E-state index contributed by atoms with van der Waals surface area (Å²) in [6.07, 6.45) is -2.36. The number of halogens is 3. The second-order valence-electron chi connectivity index (χ2n) is 7.65. The summed E-state index contributed by atoms with van der Waals surface area (Å²) in [6, 6.07) is -0.919. The molecule has 0 aromatic heterocycles. The normalized spacial score (nSPS) is 21.1. The second-order valence-corrected chi connectivity index (χ2v) is 7.65. The lowest BCUT2D eigenvalue weighted by Gasteiger charge is -2.36. The number of hydrogen-bond acceptors (Lipinski definition) is 5. The largest absolute Gasteiger partial charge is 0.490 e. The fourth-order valence-corrected chi connectivity index (χ4v) is 2.98. The van der Waals surface area contributed by atoms with E-state index in [0.29, 0.717) is 0 Å². The van der Waals surface area contributed by atoms with Gasteiger partial charge in [0.25, 0.3) is 0 Å². The molecule has 0 aromatic rings. The highest BCUT2D eigenvalue weighted by molar-refractivity contribution is 5.87. The Morgan fingerprint density at radius 3 is 2.12 bits per heavy atom. The van der Waals surface area contributed by atoms with Crippen LogP contribution in [0.15, 0.2) is 16.6 Å². The Morgan fingerprint density at radius 2 is 1.76 bits per heavy atom. The number of nitrogens with one attached hydrogen (secondary N) is 2. The summed E-state index contributed by atoms with van der Waals surface area (Å²) in [6.45, 7) is 9.28. The minimum absolute atomic E-state index is 0.0311. The summed E-state index contributed by atoms with van der Waals surface area (Å²) in [5.41, 5.74) is 6.15. The second kappa shape index (κ2) is 13.7. The quantitative estimate of drug-likeness (QED) is 0.258. The first-order chi connectivity index (χ1) is 15.1. The van der Waals surface area contributed by atoms with Gasteiger partial charge in [-0.25, -0.2) is 14.6 Å². The van der Waals surface area contributed by atoms with Crippen LogP contribution in [0.4, 0.5) is 13.2 Å². The lowest BCUT2D eigenvalue weighted by atomic mass is 9.88. The number of nitrogens with two attached hydrogens (primary N) is 1. The Balaban J connectivity index is 0.00000126. The molecule has 1 amide bonds. The zero-order valence-corrected chi connectivity index (χ0v) is 19.3. The van der Waals surface area contributed by atoms with E-state index in [2.05, 4.69) is 15.6 Å². The Bertz CT molecular complexity index is 736. The maximum Gasteiger partial charge on any atom is 0.490 e. The van der Waals surface area contributed by atoms with Gasteiger partial charge in [0.15, 0.2) is 5.96 Å². The number of carbonyl (C=O) groups excluding carboxylic acids is 1. The first kappa shape index (κ1) is 30.2. The molecule has 1 aliphatic carbocycles. The molecule has 0 spiro atoms.